The Morgan fingerprint density at radius 2 is 1.93 bits per heavy atom. The number of H-pyrrole nitrogens is 1. The summed E-state index contributed by atoms with van der Waals surface area (Å²) < 4.78 is 0. The molecule has 3 N–H and O–H groups in total. The number of likely N-dealkylation sites (N-methyl/N-ethyl adjacent to an activating group) is 2. The molecular formula is C33H40ClN9O2. The fraction of sp³-hybridized carbons (Fsp3) is 0.364. The third-order valence-corrected chi connectivity index (χ3v) is 8.59. The van der Waals surface area contributed by atoms with Crippen LogP contribution < -0.4 is 15.5 Å². The van der Waals surface area contributed by atoms with Crippen molar-refractivity contribution < 1.29 is 9.59 Å². The summed E-state index contributed by atoms with van der Waals surface area (Å²) in [7, 11) is 1.98. The van der Waals surface area contributed by atoms with Crippen LogP contribution in [0.4, 0.5) is 17.3 Å². The minimum absolute atomic E-state index is 0.0357. The molecule has 0 saturated carbocycles. The van der Waals surface area contributed by atoms with Crippen LogP contribution >= 0.6 is 11.6 Å². The first-order chi connectivity index (χ1) is 21.8. The molecule has 1 saturated heterocycles. The lowest BCUT2D eigenvalue weighted by Crippen LogP contribution is -2.42. The van der Waals surface area contributed by atoms with Crippen molar-refractivity contribution in [2.24, 2.45) is 0 Å². The highest BCUT2D eigenvalue weighted by atomic mass is 35.5. The van der Waals surface area contributed by atoms with Gasteiger partial charge in [0.25, 0.3) is 5.91 Å². The first-order valence-corrected chi connectivity index (χ1v) is 15.7. The summed E-state index contributed by atoms with van der Waals surface area (Å²) in [4.78, 5) is 48.7. The van der Waals surface area contributed by atoms with Gasteiger partial charge in [0.2, 0.25) is 11.9 Å². The maximum atomic E-state index is 13.6. The number of halogens is 1. The average Bonchev–Trinajstić information content (AvgIpc) is 3.50. The fourth-order valence-electron chi connectivity index (χ4n) is 5.59. The number of fused-ring (bicyclic) bond motifs is 1. The van der Waals surface area contributed by atoms with Crippen LogP contribution in [0.3, 0.4) is 0 Å². The van der Waals surface area contributed by atoms with Gasteiger partial charge < -0.3 is 30.3 Å². The van der Waals surface area contributed by atoms with E-state index in [1.54, 1.807) is 24.5 Å². The zero-order chi connectivity index (χ0) is 31.9. The third-order valence-electron chi connectivity index (χ3n) is 8.31. The summed E-state index contributed by atoms with van der Waals surface area (Å²) in [5.41, 5.74) is 4.28. The van der Waals surface area contributed by atoms with Gasteiger partial charge in [-0.05, 0) is 62.3 Å². The number of aromatic nitrogens is 4. The van der Waals surface area contributed by atoms with Gasteiger partial charge in [-0.1, -0.05) is 32.0 Å². The second kappa shape index (κ2) is 14.5. The van der Waals surface area contributed by atoms with Gasteiger partial charge in [0, 0.05) is 68.2 Å². The van der Waals surface area contributed by atoms with Gasteiger partial charge in [0.05, 0.1) is 28.3 Å². The smallest absolute Gasteiger partial charge is 0.253 e. The second-order valence-corrected chi connectivity index (χ2v) is 11.5. The lowest BCUT2D eigenvalue weighted by atomic mass is 10.0. The second-order valence-electron chi connectivity index (χ2n) is 11.1. The number of hydrogen-bond acceptors (Lipinski definition) is 8. The standard InChI is InChI=1S/C33H40ClN9O2/c1-5-29(44)39-27-11-10-22(19-28(27)41(4)17-18-42(6-2)7-3)32(45)43-15-12-23(13-16-43)38-33-37-21-26(34)30(40-33)25-20-36-31-24(25)9-8-14-35-31/h5,8-11,14,19-21,23H,1,6-7,12-13,15-18H2,2-4H3,(H,35,36)(H,39,44)(H,37,38,40). The number of nitrogens with one attached hydrogen (secondary N) is 3. The Hall–Kier alpha value is -4.48. The Morgan fingerprint density at radius 3 is 2.67 bits per heavy atom. The lowest BCUT2D eigenvalue weighted by Gasteiger charge is -2.33. The first kappa shape index (κ1) is 31.9. The van der Waals surface area contributed by atoms with E-state index in [0.29, 0.717) is 41.0 Å². The molecule has 5 rings (SSSR count). The van der Waals surface area contributed by atoms with Crippen molar-refractivity contribution in [2.75, 3.05) is 61.8 Å². The summed E-state index contributed by atoms with van der Waals surface area (Å²) in [6, 6.07) is 9.40. The van der Waals surface area contributed by atoms with E-state index in [9.17, 15) is 9.59 Å². The normalized spacial score (nSPS) is 13.7. The van der Waals surface area contributed by atoms with Crippen molar-refractivity contribution in [1.82, 2.24) is 29.7 Å². The SMILES string of the molecule is C=CC(=O)Nc1ccc(C(=O)N2CCC(Nc3ncc(Cl)c(-c4c[nH]c5ncccc45)n3)CC2)cc1N(C)CCN(CC)CC. The van der Waals surface area contributed by atoms with E-state index in [2.05, 4.69) is 55.8 Å². The minimum atomic E-state index is -0.294. The highest BCUT2D eigenvalue weighted by Crippen LogP contribution is 2.32. The monoisotopic (exact) mass is 629 g/mol. The largest absolute Gasteiger partial charge is 0.372 e. The van der Waals surface area contributed by atoms with Crippen LogP contribution in [0.25, 0.3) is 22.3 Å². The van der Waals surface area contributed by atoms with E-state index in [1.807, 2.05) is 36.3 Å². The fourth-order valence-corrected chi connectivity index (χ4v) is 5.78. The van der Waals surface area contributed by atoms with E-state index in [1.165, 1.54) is 6.08 Å². The van der Waals surface area contributed by atoms with Gasteiger partial charge in [0.1, 0.15) is 5.65 Å². The van der Waals surface area contributed by atoms with Crippen LogP contribution in [0.15, 0.2) is 61.6 Å². The topological polar surface area (TPSA) is 122 Å². The van der Waals surface area contributed by atoms with Gasteiger partial charge in [-0.15, -0.1) is 0 Å². The molecule has 236 valence electrons. The number of nitrogens with zero attached hydrogens (tertiary/aromatic N) is 6. The predicted molar refractivity (Wildman–Crippen MR) is 181 cm³/mol. The van der Waals surface area contributed by atoms with Gasteiger partial charge in [-0.3, -0.25) is 9.59 Å². The van der Waals surface area contributed by atoms with Crippen molar-refractivity contribution >= 4 is 51.8 Å². The van der Waals surface area contributed by atoms with Crippen LogP contribution in [-0.4, -0.2) is 93.9 Å². The molecule has 45 heavy (non-hydrogen) atoms. The summed E-state index contributed by atoms with van der Waals surface area (Å²) in [6.45, 7) is 12.6. The van der Waals surface area contributed by atoms with Crippen molar-refractivity contribution in [3.8, 4) is 11.3 Å². The number of rotatable bonds is 12. The molecule has 1 aromatic carbocycles. The van der Waals surface area contributed by atoms with Gasteiger partial charge in [0.15, 0.2) is 0 Å². The first-order valence-electron chi connectivity index (χ1n) is 15.3. The maximum Gasteiger partial charge on any atom is 0.253 e. The number of piperidine rings is 1. The summed E-state index contributed by atoms with van der Waals surface area (Å²) >= 11 is 6.50. The zero-order valence-electron chi connectivity index (χ0n) is 26.0. The number of hydrogen-bond donors (Lipinski definition) is 3. The number of carbonyl (C=O) groups excluding carboxylic acids is 2. The van der Waals surface area contributed by atoms with Gasteiger partial charge in [-0.25, -0.2) is 15.0 Å². The molecule has 1 aliphatic heterocycles. The molecule has 12 heteroatoms. The predicted octanol–water partition coefficient (Wildman–Crippen LogP) is 5.29. The van der Waals surface area contributed by atoms with Gasteiger partial charge >= 0.3 is 0 Å². The number of likely N-dealkylation sites (tertiary alicyclic amines) is 1. The molecule has 11 nitrogen and oxygen atoms in total. The van der Waals surface area contributed by atoms with Crippen molar-refractivity contribution in [2.45, 2.75) is 32.7 Å². The highest BCUT2D eigenvalue weighted by molar-refractivity contribution is 6.33. The molecule has 0 unspecified atom stereocenters. The maximum absolute atomic E-state index is 13.6. The molecule has 2 amide bonds. The molecule has 0 atom stereocenters. The van der Waals surface area contributed by atoms with E-state index in [0.717, 1.165) is 61.3 Å². The molecule has 0 radical (unpaired) electrons. The summed E-state index contributed by atoms with van der Waals surface area (Å²) in [5.74, 6) is 0.163. The Balaban J connectivity index is 1.25. The molecule has 4 heterocycles. The number of benzene rings is 1. The van der Waals surface area contributed by atoms with Crippen LogP contribution in [0.1, 0.15) is 37.0 Å². The number of pyridine rings is 1. The number of carbonyl (C=O) groups is 2. The number of anilines is 3. The summed E-state index contributed by atoms with van der Waals surface area (Å²) in [5, 5.41) is 7.72. The van der Waals surface area contributed by atoms with Crippen LogP contribution in [0, 0.1) is 0 Å². The zero-order valence-corrected chi connectivity index (χ0v) is 26.8. The van der Waals surface area contributed by atoms with E-state index in [-0.39, 0.29) is 17.9 Å². The van der Waals surface area contributed by atoms with E-state index in [4.69, 9.17) is 16.6 Å². The molecule has 0 aliphatic carbocycles. The minimum Gasteiger partial charge on any atom is -0.372 e. The Labute approximate surface area is 268 Å². The number of amides is 2. The molecule has 4 aromatic rings. The van der Waals surface area contributed by atoms with Crippen LogP contribution in [0.2, 0.25) is 5.02 Å². The van der Waals surface area contributed by atoms with Crippen molar-refractivity contribution in [1.29, 1.82) is 0 Å². The molecule has 0 bridgehead atoms. The van der Waals surface area contributed by atoms with E-state index >= 15 is 0 Å². The summed E-state index contributed by atoms with van der Waals surface area (Å²) in [6.07, 6.45) is 7.93. The van der Waals surface area contributed by atoms with Crippen molar-refractivity contribution in [3.05, 3.63) is 72.2 Å². The molecule has 1 fully saturated rings. The average molecular weight is 630 g/mol. The van der Waals surface area contributed by atoms with Crippen molar-refractivity contribution in [3.63, 3.8) is 0 Å². The van der Waals surface area contributed by atoms with Crippen LogP contribution in [0.5, 0.6) is 0 Å². The Morgan fingerprint density at radius 1 is 1.16 bits per heavy atom. The lowest BCUT2D eigenvalue weighted by molar-refractivity contribution is -0.111. The number of aromatic amines is 1. The Kier molecular flexibility index (Phi) is 10.3. The third kappa shape index (κ3) is 7.43. The molecule has 1 aliphatic rings. The molecule has 0 spiro atoms. The quantitative estimate of drug-likeness (QED) is 0.181. The van der Waals surface area contributed by atoms with E-state index < -0.39 is 0 Å². The van der Waals surface area contributed by atoms with Crippen LogP contribution in [-0.2, 0) is 4.79 Å². The Bertz CT molecular complexity index is 1660. The van der Waals surface area contributed by atoms with Gasteiger partial charge in [-0.2, -0.15) is 0 Å². The highest BCUT2D eigenvalue weighted by Gasteiger charge is 2.26. The molecule has 3 aromatic heterocycles. The molecular weight excluding hydrogens is 590 g/mol.